The number of amides is 2. The lowest BCUT2D eigenvalue weighted by atomic mass is 10.1. The van der Waals surface area contributed by atoms with E-state index >= 15 is 0 Å². The Morgan fingerprint density at radius 2 is 1.46 bits per heavy atom. The summed E-state index contributed by atoms with van der Waals surface area (Å²) in [5, 5.41) is 2.77. The van der Waals surface area contributed by atoms with Gasteiger partial charge in [-0.15, -0.1) is 0 Å². The van der Waals surface area contributed by atoms with Crippen molar-refractivity contribution in [1.82, 2.24) is 4.90 Å². The van der Waals surface area contributed by atoms with Crippen LogP contribution in [0.2, 0.25) is 0 Å². The summed E-state index contributed by atoms with van der Waals surface area (Å²) in [6.07, 6.45) is 0. The Balaban J connectivity index is 1.26. The molecule has 4 rings (SSSR count). The van der Waals surface area contributed by atoms with E-state index in [0.717, 1.165) is 24.5 Å². The highest BCUT2D eigenvalue weighted by atomic mass is 16.5. The van der Waals surface area contributed by atoms with Gasteiger partial charge in [0.25, 0.3) is 11.8 Å². The summed E-state index contributed by atoms with van der Waals surface area (Å²) < 4.78 is 16.0. The number of carbonyl (C=O) groups is 2. The topological polar surface area (TPSA) is 80.3 Å². The van der Waals surface area contributed by atoms with Gasteiger partial charge in [-0.25, -0.2) is 0 Å². The number of nitrogens with zero attached hydrogens (tertiary/aromatic N) is 2. The largest absolute Gasteiger partial charge is 0.497 e. The Morgan fingerprint density at radius 3 is 2.14 bits per heavy atom. The highest BCUT2D eigenvalue weighted by Gasteiger charge is 2.22. The van der Waals surface area contributed by atoms with Crippen LogP contribution in [0.25, 0.3) is 0 Å². The quantitative estimate of drug-likeness (QED) is 0.535. The average molecular weight is 476 g/mol. The van der Waals surface area contributed by atoms with Gasteiger partial charge in [0, 0.05) is 55.2 Å². The predicted molar refractivity (Wildman–Crippen MR) is 135 cm³/mol. The second-order valence-corrected chi connectivity index (χ2v) is 8.07. The molecule has 8 nitrogen and oxygen atoms in total. The zero-order chi connectivity index (χ0) is 24.6. The zero-order valence-corrected chi connectivity index (χ0v) is 19.9. The van der Waals surface area contributed by atoms with E-state index < -0.39 is 0 Å². The Morgan fingerprint density at radius 1 is 0.800 bits per heavy atom. The summed E-state index contributed by atoms with van der Waals surface area (Å²) in [7, 11) is 3.23. The molecule has 8 heteroatoms. The van der Waals surface area contributed by atoms with Crippen molar-refractivity contribution in [2.45, 2.75) is 0 Å². The summed E-state index contributed by atoms with van der Waals surface area (Å²) in [4.78, 5) is 29.2. The van der Waals surface area contributed by atoms with Crippen molar-refractivity contribution in [3.63, 3.8) is 0 Å². The number of methoxy groups -OCH3 is 2. The first-order valence-corrected chi connectivity index (χ1v) is 11.4. The minimum absolute atomic E-state index is 0.0161. The van der Waals surface area contributed by atoms with Gasteiger partial charge in [-0.1, -0.05) is 12.1 Å². The Hall–Kier alpha value is -4.20. The molecular formula is C27H29N3O5. The van der Waals surface area contributed by atoms with Crippen LogP contribution in [0.15, 0.2) is 72.8 Å². The van der Waals surface area contributed by atoms with Crippen molar-refractivity contribution in [3.8, 4) is 17.2 Å². The number of hydrogen-bond donors (Lipinski definition) is 1. The number of carbonyl (C=O) groups excluding carboxylic acids is 2. The van der Waals surface area contributed by atoms with Gasteiger partial charge in [-0.2, -0.15) is 0 Å². The molecule has 1 heterocycles. The summed E-state index contributed by atoms with van der Waals surface area (Å²) in [6, 6.07) is 21.9. The third-order valence-corrected chi connectivity index (χ3v) is 5.81. The highest BCUT2D eigenvalue weighted by Crippen LogP contribution is 2.23. The number of benzene rings is 3. The first-order chi connectivity index (χ1) is 17.1. The summed E-state index contributed by atoms with van der Waals surface area (Å²) in [5.41, 5.74) is 2.31. The number of ether oxygens (including phenoxy) is 3. The van der Waals surface area contributed by atoms with E-state index in [-0.39, 0.29) is 18.4 Å². The second-order valence-electron chi connectivity index (χ2n) is 8.07. The summed E-state index contributed by atoms with van der Waals surface area (Å²) in [5.74, 6) is 1.70. The number of piperazine rings is 1. The molecule has 0 radical (unpaired) electrons. The van der Waals surface area contributed by atoms with E-state index in [1.807, 2.05) is 23.1 Å². The van der Waals surface area contributed by atoms with Gasteiger partial charge in [0.15, 0.2) is 6.61 Å². The number of rotatable bonds is 8. The predicted octanol–water partition coefficient (Wildman–Crippen LogP) is 3.68. The second kappa shape index (κ2) is 11.3. The molecule has 0 unspecified atom stereocenters. The first kappa shape index (κ1) is 23.9. The zero-order valence-electron chi connectivity index (χ0n) is 19.9. The SMILES string of the molecule is COc1cccc(NC(=O)COc2ccc(C(=O)N3CCN(c4cccc(OC)c4)CC3)cc2)c1. The fourth-order valence-corrected chi connectivity index (χ4v) is 3.90. The minimum atomic E-state index is -0.285. The fourth-order valence-electron chi connectivity index (χ4n) is 3.90. The first-order valence-electron chi connectivity index (χ1n) is 11.4. The van der Waals surface area contributed by atoms with E-state index in [1.165, 1.54) is 0 Å². The van der Waals surface area contributed by atoms with Gasteiger partial charge in [-0.3, -0.25) is 9.59 Å². The van der Waals surface area contributed by atoms with Crippen LogP contribution in [0, 0.1) is 0 Å². The Bertz CT molecular complexity index is 1160. The molecule has 0 atom stereocenters. The van der Waals surface area contributed by atoms with E-state index in [1.54, 1.807) is 62.8 Å². The third kappa shape index (κ3) is 6.23. The average Bonchev–Trinajstić information content (AvgIpc) is 2.92. The Kier molecular flexibility index (Phi) is 7.72. The molecule has 0 aromatic heterocycles. The van der Waals surface area contributed by atoms with E-state index in [4.69, 9.17) is 14.2 Å². The maximum Gasteiger partial charge on any atom is 0.262 e. The van der Waals surface area contributed by atoms with Gasteiger partial charge in [0.05, 0.1) is 14.2 Å². The van der Waals surface area contributed by atoms with E-state index in [9.17, 15) is 9.59 Å². The highest BCUT2D eigenvalue weighted by molar-refractivity contribution is 5.94. The number of anilines is 2. The van der Waals surface area contributed by atoms with Crippen molar-refractivity contribution >= 4 is 23.2 Å². The molecule has 2 amide bonds. The monoisotopic (exact) mass is 475 g/mol. The molecule has 1 aliphatic heterocycles. The van der Waals surface area contributed by atoms with Crippen molar-refractivity contribution in [3.05, 3.63) is 78.4 Å². The molecule has 1 saturated heterocycles. The van der Waals surface area contributed by atoms with Gasteiger partial charge < -0.3 is 29.3 Å². The molecule has 1 aliphatic rings. The van der Waals surface area contributed by atoms with Crippen LogP contribution in [0.5, 0.6) is 17.2 Å². The van der Waals surface area contributed by atoms with Crippen LogP contribution in [-0.4, -0.2) is 63.7 Å². The lowest BCUT2D eigenvalue weighted by Gasteiger charge is -2.36. The smallest absolute Gasteiger partial charge is 0.262 e. The lowest BCUT2D eigenvalue weighted by molar-refractivity contribution is -0.118. The molecule has 1 N–H and O–H groups in total. The number of nitrogens with one attached hydrogen (secondary N) is 1. The molecule has 0 bridgehead atoms. The van der Waals surface area contributed by atoms with Crippen LogP contribution in [0.1, 0.15) is 10.4 Å². The molecule has 1 fully saturated rings. The van der Waals surface area contributed by atoms with Crippen LogP contribution >= 0.6 is 0 Å². The maximum atomic E-state index is 12.9. The van der Waals surface area contributed by atoms with Crippen molar-refractivity contribution in [2.75, 3.05) is 57.2 Å². The van der Waals surface area contributed by atoms with Gasteiger partial charge >= 0.3 is 0 Å². The van der Waals surface area contributed by atoms with Gasteiger partial charge in [0.1, 0.15) is 17.2 Å². The van der Waals surface area contributed by atoms with Crippen LogP contribution < -0.4 is 24.4 Å². The van der Waals surface area contributed by atoms with Crippen molar-refractivity contribution in [1.29, 1.82) is 0 Å². The molecule has 3 aromatic carbocycles. The van der Waals surface area contributed by atoms with Gasteiger partial charge in [-0.05, 0) is 48.5 Å². The molecule has 0 saturated carbocycles. The maximum absolute atomic E-state index is 12.9. The van der Waals surface area contributed by atoms with Gasteiger partial charge in [0.2, 0.25) is 0 Å². The summed E-state index contributed by atoms with van der Waals surface area (Å²) in [6.45, 7) is 2.64. The Labute approximate surface area is 205 Å². The molecule has 0 aliphatic carbocycles. The van der Waals surface area contributed by atoms with Crippen LogP contribution in [0.3, 0.4) is 0 Å². The van der Waals surface area contributed by atoms with E-state index in [2.05, 4.69) is 16.3 Å². The van der Waals surface area contributed by atoms with Crippen molar-refractivity contribution in [2.24, 2.45) is 0 Å². The minimum Gasteiger partial charge on any atom is -0.497 e. The van der Waals surface area contributed by atoms with Crippen LogP contribution in [-0.2, 0) is 4.79 Å². The summed E-state index contributed by atoms with van der Waals surface area (Å²) >= 11 is 0. The normalized spacial score (nSPS) is 13.2. The van der Waals surface area contributed by atoms with Crippen molar-refractivity contribution < 1.29 is 23.8 Å². The molecule has 0 spiro atoms. The van der Waals surface area contributed by atoms with Crippen LogP contribution in [0.4, 0.5) is 11.4 Å². The van der Waals surface area contributed by atoms with E-state index in [0.29, 0.717) is 35.8 Å². The fraction of sp³-hybridized carbons (Fsp3) is 0.259. The molecule has 35 heavy (non-hydrogen) atoms. The molecule has 182 valence electrons. The third-order valence-electron chi connectivity index (χ3n) is 5.81. The molecule has 3 aromatic rings. The number of hydrogen-bond acceptors (Lipinski definition) is 6. The lowest BCUT2D eigenvalue weighted by Crippen LogP contribution is -2.48. The molecular weight excluding hydrogens is 446 g/mol. The standard InChI is InChI=1S/C27H29N3O5/c1-33-24-7-3-5-21(17-24)28-26(31)19-35-23-11-9-20(10-12-23)27(32)30-15-13-29(14-16-30)22-6-4-8-25(18-22)34-2/h3-12,17-18H,13-16,19H2,1-2H3,(H,28,31).